The lowest BCUT2D eigenvalue weighted by atomic mass is 9.88. The van der Waals surface area contributed by atoms with Gasteiger partial charge in [-0.1, -0.05) is 36.8 Å². The molecule has 1 aromatic carbocycles. The second-order valence-electron chi connectivity index (χ2n) is 9.14. The smallest absolute Gasteiger partial charge is 0.352 e. The summed E-state index contributed by atoms with van der Waals surface area (Å²) in [7, 11) is 1.64. The van der Waals surface area contributed by atoms with Crippen molar-refractivity contribution >= 4 is 11.9 Å². The Labute approximate surface area is 204 Å². The number of aromatic nitrogens is 4. The van der Waals surface area contributed by atoms with E-state index in [4.69, 9.17) is 0 Å². The lowest BCUT2D eigenvalue weighted by Crippen LogP contribution is -2.57. The molecule has 4 rings (SSSR count). The second kappa shape index (κ2) is 9.47. The van der Waals surface area contributed by atoms with Crippen LogP contribution in [0.5, 0.6) is 0 Å². The normalized spacial score (nSPS) is 19.8. The van der Waals surface area contributed by atoms with Crippen molar-refractivity contribution in [3.05, 3.63) is 59.7 Å². The molecule has 0 spiro atoms. The minimum absolute atomic E-state index is 0.0267. The first kappa shape index (κ1) is 25.5. The van der Waals surface area contributed by atoms with Crippen molar-refractivity contribution in [3.8, 4) is 11.1 Å². The van der Waals surface area contributed by atoms with Gasteiger partial charge in [0.15, 0.2) is 5.69 Å². The number of carbonyl (C=O) groups is 1. The largest absolute Gasteiger partial charge is 0.419 e. The molecule has 1 fully saturated rings. The van der Waals surface area contributed by atoms with Crippen LogP contribution in [0, 0.1) is 12.8 Å². The van der Waals surface area contributed by atoms with Crippen LogP contribution in [0.1, 0.15) is 35.0 Å². The molecule has 0 aliphatic carbocycles. The third-order valence-electron chi connectivity index (χ3n) is 6.18. The predicted molar refractivity (Wildman–Crippen MR) is 122 cm³/mol. The average Bonchev–Trinajstić information content (AvgIpc) is 3.19. The maximum Gasteiger partial charge on any atom is 0.419 e. The number of benzene rings is 1. The quantitative estimate of drug-likeness (QED) is 0.501. The third-order valence-corrected chi connectivity index (χ3v) is 6.18. The van der Waals surface area contributed by atoms with Crippen LogP contribution in [-0.2, 0) is 13.2 Å². The molecule has 1 N–H and O–H groups in total. The van der Waals surface area contributed by atoms with Gasteiger partial charge >= 0.3 is 6.18 Å². The average molecular weight is 508 g/mol. The van der Waals surface area contributed by atoms with E-state index in [9.17, 15) is 26.7 Å². The molecule has 3 heterocycles. The van der Waals surface area contributed by atoms with Crippen LogP contribution < -0.4 is 5.32 Å². The zero-order valence-corrected chi connectivity index (χ0v) is 19.9. The van der Waals surface area contributed by atoms with Gasteiger partial charge in [-0.05, 0) is 18.4 Å². The van der Waals surface area contributed by atoms with E-state index in [1.165, 1.54) is 4.68 Å². The Morgan fingerprint density at radius 2 is 1.81 bits per heavy atom. The molecule has 192 valence electrons. The summed E-state index contributed by atoms with van der Waals surface area (Å²) in [5.74, 6) is -4.48. The monoisotopic (exact) mass is 508 g/mol. The number of halogens is 5. The third kappa shape index (κ3) is 5.47. The topological polar surface area (TPSA) is 75.9 Å². The Morgan fingerprint density at radius 3 is 2.42 bits per heavy atom. The highest BCUT2D eigenvalue weighted by molar-refractivity contribution is 5.99. The van der Waals surface area contributed by atoms with Gasteiger partial charge in [-0.15, -0.1) is 0 Å². The van der Waals surface area contributed by atoms with Gasteiger partial charge in [0.05, 0.1) is 18.2 Å². The number of amides is 1. The highest BCUT2D eigenvalue weighted by Gasteiger charge is 2.47. The lowest BCUT2D eigenvalue weighted by molar-refractivity contribution is -0.138. The summed E-state index contributed by atoms with van der Waals surface area (Å²) < 4.78 is 68.9. The summed E-state index contributed by atoms with van der Waals surface area (Å²) in [6.07, 6.45) is -2.09. The van der Waals surface area contributed by atoms with E-state index in [2.05, 4.69) is 20.4 Å². The number of carbonyl (C=O) groups excluding carboxylic acids is 1. The van der Waals surface area contributed by atoms with Crippen LogP contribution >= 0.6 is 0 Å². The van der Waals surface area contributed by atoms with Crippen molar-refractivity contribution < 1.29 is 26.7 Å². The van der Waals surface area contributed by atoms with Gasteiger partial charge < -0.3 is 10.2 Å². The number of nitrogens with one attached hydrogen (secondary N) is 1. The molecule has 3 aromatic rings. The Kier molecular flexibility index (Phi) is 6.72. The predicted octanol–water partition coefficient (Wildman–Crippen LogP) is 4.80. The summed E-state index contributed by atoms with van der Waals surface area (Å²) in [5.41, 5.74) is 1.30. The first-order chi connectivity index (χ1) is 16.8. The zero-order chi connectivity index (χ0) is 26.3. The number of hydrogen-bond acceptors (Lipinski definition) is 5. The number of nitrogens with zero attached hydrogens (tertiary/aromatic N) is 5. The van der Waals surface area contributed by atoms with Crippen molar-refractivity contribution in [1.82, 2.24) is 24.6 Å². The fraction of sp³-hybridized carbons (Fsp3) is 0.417. The zero-order valence-electron chi connectivity index (χ0n) is 19.9. The van der Waals surface area contributed by atoms with Crippen molar-refractivity contribution in [2.45, 2.75) is 38.4 Å². The fourth-order valence-corrected chi connectivity index (χ4v) is 4.37. The molecule has 12 heteroatoms. The van der Waals surface area contributed by atoms with E-state index in [0.717, 1.165) is 16.0 Å². The maximum atomic E-state index is 14.6. The molecule has 1 amide bonds. The number of rotatable bonds is 5. The van der Waals surface area contributed by atoms with Crippen molar-refractivity contribution in [3.63, 3.8) is 0 Å². The van der Waals surface area contributed by atoms with Crippen molar-refractivity contribution in [1.29, 1.82) is 0 Å². The SMILES string of the molecule is Cc1ccc(-c2cn(C)nc2C(=O)N2CC(F)(F)C[C@@H](C)C2CNc2ncc(C(F)(F)F)cn2)cc1. The molecule has 0 bridgehead atoms. The highest BCUT2D eigenvalue weighted by Crippen LogP contribution is 2.36. The molecule has 0 radical (unpaired) electrons. The number of aryl methyl sites for hydroxylation is 2. The maximum absolute atomic E-state index is 14.6. The van der Waals surface area contributed by atoms with Crippen molar-refractivity contribution in [2.75, 3.05) is 18.4 Å². The van der Waals surface area contributed by atoms with Crippen molar-refractivity contribution in [2.24, 2.45) is 13.0 Å². The minimum Gasteiger partial charge on any atom is -0.352 e. The van der Waals surface area contributed by atoms with Crippen LogP contribution in [0.2, 0.25) is 0 Å². The first-order valence-electron chi connectivity index (χ1n) is 11.3. The van der Waals surface area contributed by atoms with Crippen LogP contribution in [0.4, 0.5) is 27.9 Å². The fourth-order valence-electron chi connectivity index (χ4n) is 4.37. The molecule has 0 saturated carbocycles. The van der Waals surface area contributed by atoms with E-state index in [1.807, 2.05) is 31.2 Å². The number of anilines is 1. The van der Waals surface area contributed by atoms with Gasteiger partial charge in [-0.2, -0.15) is 18.3 Å². The van der Waals surface area contributed by atoms with E-state index in [0.29, 0.717) is 18.0 Å². The molecule has 2 aromatic heterocycles. The van der Waals surface area contributed by atoms with E-state index < -0.39 is 48.5 Å². The lowest BCUT2D eigenvalue weighted by Gasteiger charge is -2.43. The molecule has 1 aliphatic rings. The molecule has 1 aliphatic heterocycles. The summed E-state index contributed by atoms with van der Waals surface area (Å²) in [6.45, 7) is 2.70. The van der Waals surface area contributed by atoms with Crippen LogP contribution in [-0.4, -0.2) is 55.6 Å². The Balaban J connectivity index is 1.60. The number of likely N-dealkylation sites (tertiary alicyclic amines) is 1. The van der Waals surface area contributed by atoms with Gasteiger partial charge in [0.1, 0.15) is 0 Å². The van der Waals surface area contributed by atoms with Gasteiger partial charge in [0.2, 0.25) is 5.95 Å². The summed E-state index contributed by atoms with van der Waals surface area (Å²) in [4.78, 5) is 22.0. The van der Waals surface area contributed by atoms with Gasteiger partial charge in [-0.25, -0.2) is 18.7 Å². The molecule has 1 unspecified atom stereocenters. The number of hydrogen-bond donors (Lipinski definition) is 1. The standard InChI is InChI=1S/C24H25F5N6O/c1-14-4-6-16(7-5-14)18-12-34(3)33-20(18)21(36)35-13-23(25,26)8-15(2)19(35)11-32-22-30-9-17(10-31-22)24(27,28)29/h4-7,9-10,12,15,19H,8,11,13H2,1-3H3,(H,30,31,32)/t15-,19?/m1/s1. The first-order valence-corrected chi connectivity index (χ1v) is 11.3. The summed E-state index contributed by atoms with van der Waals surface area (Å²) in [6, 6.07) is 6.72. The van der Waals surface area contributed by atoms with Crippen LogP contribution in [0.15, 0.2) is 42.9 Å². The van der Waals surface area contributed by atoms with E-state index >= 15 is 0 Å². The Hall–Kier alpha value is -3.57. The van der Waals surface area contributed by atoms with Gasteiger partial charge in [-0.3, -0.25) is 9.48 Å². The van der Waals surface area contributed by atoms with E-state index in [1.54, 1.807) is 20.2 Å². The summed E-state index contributed by atoms with van der Waals surface area (Å²) >= 11 is 0. The van der Waals surface area contributed by atoms with Gasteiger partial charge in [0.25, 0.3) is 11.8 Å². The second-order valence-corrected chi connectivity index (χ2v) is 9.14. The van der Waals surface area contributed by atoms with Crippen LogP contribution in [0.3, 0.4) is 0 Å². The number of alkyl halides is 5. The summed E-state index contributed by atoms with van der Waals surface area (Å²) in [5, 5.41) is 7.06. The highest BCUT2D eigenvalue weighted by atomic mass is 19.4. The number of piperidine rings is 1. The molecule has 36 heavy (non-hydrogen) atoms. The Bertz CT molecular complexity index is 1220. The van der Waals surface area contributed by atoms with Gasteiger partial charge in [0, 0.05) is 44.2 Å². The molecular formula is C24H25F5N6O. The van der Waals surface area contributed by atoms with E-state index in [-0.39, 0.29) is 18.2 Å². The molecular weight excluding hydrogens is 483 g/mol. The molecule has 7 nitrogen and oxygen atoms in total. The van der Waals surface area contributed by atoms with Crippen LogP contribution in [0.25, 0.3) is 11.1 Å². The molecule has 2 atom stereocenters. The Morgan fingerprint density at radius 1 is 1.17 bits per heavy atom. The minimum atomic E-state index is -4.58. The molecule has 1 saturated heterocycles.